The zero-order chi connectivity index (χ0) is 18.0. The molecule has 0 saturated heterocycles. The number of rotatable bonds is 2. The fourth-order valence-corrected chi connectivity index (χ4v) is 2.65. The van der Waals surface area contributed by atoms with Crippen molar-refractivity contribution in [1.82, 2.24) is 19.9 Å². The first kappa shape index (κ1) is 17.1. The molecule has 7 heteroatoms. The van der Waals surface area contributed by atoms with E-state index in [1.54, 1.807) is 18.2 Å². The highest BCUT2D eigenvalue weighted by Crippen LogP contribution is 2.27. The summed E-state index contributed by atoms with van der Waals surface area (Å²) in [6, 6.07) is 1.84. The lowest BCUT2D eigenvalue weighted by Gasteiger charge is -2.29. The fourth-order valence-electron chi connectivity index (χ4n) is 2.65. The Balaban J connectivity index is 1.82. The molecule has 1 amide bonds. The Morgan fingerprint density at radius 1 is 1.24 bits per heavy atom. The van der Waals surface area contributed by atoms with Crippen molar-refractivity contribution in [2.75, 3.05) is 20.2 Å². The second-order valence-electron chi connectivity index (χ2n) is 6.87. The van der Waals surface area contributed by atoms with Crippen LogP contribution in [0.2, 0.25) is 0 Å². The van der Waals surface area contributed by atoms with Gasteiger partial charge in [0.05, 0.1) is 24.5 Å². The topological polar surface area (TPSA) is 77.4 Å². The van der Waals surface area contributed by atoms with Crippen LogP contribution in [-0.2, 0) is 4.74 Å². The van der Waals surface area contributed by atoms with Gasteiger partial charge in [0.15, 0.2) is 0 Å². The van der Waals surface area contributed by atoms with Crippen LogP contribution in [0, 0.1) is 0 Å². The minimum Gasteiger partial charge on any atom is -0.495 e. The normalized spacial score (nSPS) is 15.0. The van der Waals surface area contributed by atoms with Crippen molar-refractivity contribution in [3.63, 3.8) is 0 Å². The highest BCUT2D eigenvalue weighted by molar-refractivity contribution is 5.87. The van der Waals surface area contributed by atoms with Gasteiger partial charge in [-0.2, -0.15) is 0 Å². The van der Waals surface area contributed by atoms with Crippen molar-refractivity contribution in [2.45, 2.75) is 32.8 Å². The minimum absolute atomic E-state index is 0.293. The fraction of sp³-hybridized carbons (Fsp3) is 0.444. The first-order valence-electron chi connectivity index (χ1n) is 8.19. The summed E-state index contributed by atoms with van der Waals surface area (Å²) < 4.78 is 10.6. The number of pyridine rings is 1. The number of hydrogen-bond donors (Lipinski definition) is 0. The van der Waals surface area contributed by atoms with Crippen LogP contribution in [0.3, 0.4) is 0 Å². The van der Waals surface area contributed by atoms with Crippen molar-refractivity contribution >= 4 is 22.7 Å². The summed E-state index contributed by atoms with van der Waals surface area (Å²) in [6.07, 6.45) is 5.59. The van der Waals surface area contributed by atoms with Crippen LogP contribution < -0.4 is 4.74 Å². The molecule has 132 valence electrons. The van der Waals surface area contributed by atoms with Gasteiger partial charge in [0.25, 0.3) is 0 Å². The summed E-state index contributed by atoms with van der Waals surface area (Å²) in [5.41, 5.74) is 2.84. The third-order valence-electron chi connectivity index (χ3n) is 3.85. The van der Waals surface area contributed by atoms with Gasteiger partial charge >= 0.3 is 6.09 Å². The van der Waals surface area contributed by atoms with Crippen molar-refractivity contribution in [1.29, 1.82) is 0 Å². The summed E-state index contributed by atoms with van der Waals surface area (Å²) in [7, 11) is 1.60. The Hall–Kier alpha value is -2.70. The molecule has 0 saturated carbocycles. The number of methoxy groups -OCH3 is 1. The number of carbonyl (C=O) groups excluding carboxylic acids is 1. The Morgan fingerprint density at radius 3 is 2.68 bits per heavy atom. The molecule has 0 radical (unpaired) electrons. The Kier molecular flexibility index (Phi) is 4.57. The molecular weight excluding hydrogens is 320 g/mol. The smallest absolute Gasteiger partial charge is 0.410 e. The molecule has 0 bridgehead atoms. The van der Waals surface area contributed by atoms with Gasteiger partial charge in [0.2, 0.25) is 0 Å². The lowest BCUT2D eigenvalue weighted by atomic mass is 10.0. The molecule has 1 aliphatic heterocycles. The van der Waals surface area contributed by atoms with Crippen molar-refractivity contribution in [2.24, 2.45) is 0 Å². The van der Waals surface area contributed by atoms with E-state index in [4.69, 9.17) is 9.47 Å². The Morgan fingerprint density at radius 2 is 2.04 bits per heavy atom. The van der Waals surface area contributed by atoms with Crippen molar-refractivity contribution < 1.29 is 14.3 Å². The molecule has 0 unspecified atom stereocenters. The first-order valence-corrected chi connectivity index (χ1v) is 8.19. The molecule has 0 aliphatic carbocycles. The average molecular weight is 342 g/mol. The summed E-state index contributed by atoms with van der Waals surface area (Å²) in [6.45, 7) is 6.67. The zero-order valence-corrected chi connectivity index (χ0v) is 14.9. The maximum Gasteiger partial charge on any atom is 0.410 e. The second kappa shape index (κ2) is 6.66. The van der Waals surface area contributed by atoms with Gasteiger partial charge in [0, 0.05) is 19.2 Å². The maximum absolute atomic E-state index is 12.2. The lowest BCUT2D eigenvalue weighted by Crippen LogP contribution is -2.39. The predicted molar refractivity (Wildman–Crippen MR) is 94.3 cm³/mol. The van der Waals surface area contributed by atoms with Gasteiger partial charge in [-0.3, -0.25) is 0 Å². The number of hydrogen-bond acceptors (Lipinski definition) is 6. The van der Waals surface area contributed by atoms with Crippen LogP contribution in [0.1, 0.15) is 32.9 Å². The SMILES string of the molecule is COc1cnc2c(C3=CCN(C(=O)OC(C)(C)C)CC3)ncnc2c1. The number of carbonyl (C=O) groups is 1. The van der Waals surface area contributed by atoms with Gasteiger partial charge in [0.1, 0.15) is 23.2 Å². The number of nitrogens with zero attached hydrogens (tertiary/aromatic N) is 4. The van der Waals surface area contributed by atoms with Crippen LogP contribution in [0.15, 0.2) is 24.7 Å². The first-order chi connectivity index (χ1) is 11.9. The number of fused-ring (bicyclic) bond motifs is 1. The van der Waals surface area contributed by atoms with Crippen LogP contribution in [-0.4, -0.2) is 51.7 Å². The maximum atomic E-state index is 12.2. The molecule has 0 atom stereocenters. The Bertz CT molecular complexity index is 827. The van der Waals surface area contributed by atoms with Crippen LogP contribution >= 0.6 is 0 Å². The molecule has 0 fully saturated rings. The lowest BCUT2D eigenvalue weighted by molar-refractivity contribution is 0.0270. The van der Waals surface area contributed by atoms with E-state index in [-0.39, 0.29) is 6.09 Å². The third-order valence-corrected chi connectivity index (χ3v) is 3.85. The zero-order valence-electron chi connectivity index (χ0n) is 14.9. The molecular formula is C18H22N4O3. The average Bonchev–Trinajstić information content (AvgIpc) is 2.59. The van der Waals surface area contributed by atoms with Crippen LogP contribution in [0.4, 0.5) is 4.79 Å². The molecule has 3 heterocycles. The van der Waals surface area contributed by atoms with Crippen molar-refractivity contribution in [3.05, 3.63) is 30.4 Å². The van der Waals surface area contributed by atoms with E-state index < -0.39 is 5.60 Å². The molecule has 0 spiro atoms. The largest absolute Gasteiger partial charge is 0.495 e. The summed E-state index contributed by atoms with van der Waals surface area (Å²) in [4.78, 5) is 26.9. The van der Waals surface area contributed by atoms with Crippen molar-refractivity contribution in [3.8, 4) is 5.75 Å². The molecule has 0 N–H and O–H groups in total. The molecule has 3 rings (SSSR count). The van der Waals surface area contributed by atoms with E-state index in [9.17, 15) is 4.79 Å². The van der Waals surface area contributed by atoms with Gasteiger partial charge in [-0.25, -0.2) is 19.7 Å². The predicted octanol–water partition coefficient (Wildman–Crippen LogP) is 3.06. The summed E-state index contributed by atoms with van der Waals surface area (Å²) in [5.74, 6) is 0.658. The van der Waals surface area contributed by atoms with E-state index in [1.807, 2.05) is 32.9 Å². The molecule has 2 aromatic heterocycles. The second-order valence-corrected chi connectivity index (χ2v) is 6.87. The van der Waals surface area contributed by atoms with Crippen LogP contribution in [0.25, 0.3) is 16.6 Å². The summed E-state index contributed by atoms with van der Waals surface area (Å²) >= 11 is 0. The van der Waals surface area contributed by atoms with Crippen LogP contribution in [0.5, 0.6) is 5.75 Å². The highest BCUT2D eigenvalue weighted by atomic mass is 16.6. The van der Waals surface area contributed by atoms with E-state index >= 15 is 0 Å². The van der Waals surface area contributed by atoms with Gasteiger partial charge in [-0.15, -0.1) is 0 Å². The van der Waals surface area contributed by atoms with E-state index in [2.05, 4.69) is 15.0 Å². The quantitative estimate of drug-likeness (QED) is 0.835. The monoisotopic (exact) mass is 342 g/mol. The molecule has 2 aromatic rings. The third kappa shape index (κ3) is 3.87. The number of aromatic nitrogens is 3. The molecule has 7 nitrogen and oxygen atoms in total. The molecule has 0 aromatic carbocycles. The highest BCUT2D eigenvalue weighted by Gasteiger charge is 2.24. The summed E-state index contributed by atoms with van der Waals surface area (Å²) in [5, 5.41) is 0. The standard InChI is InChI=1S/C18H22N4O3/c1-18(2,3)25-17(23)22-7-5-12(6-8-22)15-16-14(20-11-21-15)9-13(24-4)10-19-16/h5,9-11H,6-8H2,1-4H3. The number of ether oxygens (including phenoxy) is 2. The number of amides is 1. The van der Waals surface area contributed by atoms with Gasteiger partial charge < -0.3 is 14.4 Å². The van der Waals surface area contributed by atoms with Gasteiger partial charge in [-0.05, 0) is 32.8 Å². The van der Waals surface area contributed by atoms with E-state index in [0.717, 1.165) is 22.3 Å². The molecule has 25 heavy (non-hydrogen) atoms. The van der Waals surface area contributed by atoms with E-state index in [1.165, 1.54) is 6.33 Å². The van der Waals surface area contributed by atoms with Gasteiger partial charge in [-0.1, -0.05) is 6.08 Å². The molecule has 1 aliphatic rings. The minimum atomic E-state index is -0.493. The Labute approximate surface area is 146 Å². The van der Waals surface area contributed by atoms with E-state index in [0.29, 0.717) is 25.3 Å².